The number of aldehydes is 1. The number of nitrogens with two attached hydrogens (primary N) is 1. The third-order valence-electron chi connectivity index (χ3n) is 5.65. The molecule has 1 aliphatic rings. The number of rotatable bonds is 13. The number of aliphatic carboxylic acids is 2. The summed E-state index contributed by atoms with van der Waals surface area (Å²) in [6, 6.07) is 4.16. The first-order valence-corrected chi connectivity index (χ1v) is 11.2. The van der Waals surface area contributed by atoms with E-state index in [-0.39, 0.29) is 12.8 Å². The van der Waals surface area contributed by atoms with E-state index >= 15 is 0 Å². The first-order valence-electron chi connectivity index (χ1n) is 11.2. The van der Waals surface area contributed by atoms with Gasteiger partial charge in [0.15, 0.2) is 0 Å². The van der Waals surface area contributed by atoms with Crippen LogP contribution in [-0.2, 0) is 35.2 Å². The Hall–Kier alpha value is -3.80. The zero-order valence-corrected chi connectivity index (χ0v) is 19.1. The molecule has 1 aliphatic heterocycles. The summed E-state index contributed by atoms with van der Waals surface area (Å²) >= 11 is 0. The van der Waals surface area contributed by atoms with Gasteiger partial charge in [-0.1, -0.05) is 30.3 Å². The molecule has 0 radical (unpaired) electrons. The third kappa shape index (κ3) is 8.49. The van der Waals surface area contributed by atoms with Crippen molar-refractivity contribution >= 4 is 35.9 Å². The number of carbonyl (C=O) groups excluding carboxylic acids is 4. The van der Waals surface area contributed by atoms with E-state index in [2.05, 4.69) is 10.6 Å². The maximum absolute atomic E-state index is 13.2. The van der Waals surface area contributed by atoms with Crippen molar-refractivity contribution in [3.8, 4) is 0 Å². The molecule has 0 saturated carbocycles. The van der Waals surface area contributed by atoms with Crippen molar-refractivity contribution in [1.29, 1.82) is 0 Å². The van der Waals surface area contributed by atoms with Crippen LogP contribution in [0.1, 0.15) is 37.7 Å². The number of nitrogens with one attached hydrogen (secondary N) is 2. The summed E-state index contributed by atoms with van der Waals surface area (Å²) in [6.45, 7) is 0.301. The Kier molecular flexibility index (Phi) is 10.3. The molecule has 190 valence electrons. The number of carboxylic acids is 2. The van der Waals surface area contributed by atoms with Crippen molar-refractivity contribution in [1.82, 2.24) is 15.5 Å². The van der Waals surface area contributed by atoms with E-state index in [1.54, 1.807) is 30.3 Å². The molecular weight excluding hydrogens is 460 g/mol. The fraction of sp³-hybridized carbons (Fsp3) is 0.478. The summed E-state index contributed by atoms with van der Waals surface area (Å²) in [5, 5.41) is 22.9. The van der Waals surface area contributed by atoms with Crippen LogP contribution in [0, 0.1) is 0 Å². The quantitative estimate of drug-likeness (QED) is 0.217. The summed E-state index contributed by atoms with van der Waals surface area (Å²) in [6.07, 6.45) is 0.461. The van der Waals surface area contributed by atoms with Gasteiger partial charge in [-0.25, -0.2) is 0 Å². The van der Waals surface area contributed by atoms with E-state index in [9.17, 15) is 28.8 Å². The minimum Gasteiger partial charge on any atom is -0.481 e. The largest absolute Gasteiger partial charge is 0.481 e. The summed E-state index contributed by atoms with van der Waals surface area (Å²) in [5.74, 6) is -4.67. The molecule has 1 saturated heterocycles. The van der Waals surface area contributed by atoms with Gasteiger partial charge in [-0.05, 0) is 24.8 Å². The summed E-state index contributed by atoms with van der Waals surface area (Å²) < 4.78 is 0. The molecule has 12 heteroatoms. The lowest BCUT2D eigenvalue weighted by Crippen LogP contribution is -2.57. The van der Waals surface area contributed by atoms with Crippen LogP contribution in [0.2, 0.25) is 0 Å². The van der Waals surface area contributed by atoms with Gasteiger partial charge < -0.3 is 36.3 Å². The molecule has 1 fully saturated rings. The lowest BCUT2D eigenvalue weighted by atomic mass is 10.0. The van der Waals surface area contributed by atoms with Crippen LogP contribution in [0.25, 0.3) is 0 Å². The van der Waals surface area contributed by atoms with Gasteiger partial charge in [0.25, 0.3) is 0 Å². The first kappa shape index (κ1) is 27.4. The minimum atomic E-state index is -1.40. The summed E-state index contributed by atoms with van der Waals surface area (Å²) in [7, 11) is 0. The molecule has 0 spiro atoms. The summed E-state index contributed by atoms with van der Waals surface area (Å²) in [4.78, 5) is 73.4. The molecule has 1 aromatic rings. The number of likely N-dealkylation sites (tertiary alicyclic amines) is 1. The Morgan fingerprint density at radius 2 is 1.69 bits per heavy atom. The second-order valence-corrected chi connectivity index (χ2v) is 8.33. The van der Waals surface area contributed by atoms with Gasteiger partial charge in [-0.2, -0.15) is 0 Å². The maximum Gasteiger partial charge on any atom is 0.305 e. The van der Waals surface area contributed by atoms with Crippen molar-refractivity contribution < 1.29 is 39.0 Å². The SMILES string of the molecule is N[C@@H](CC(=O)O)C(=O)N[C@@H](Cc1ccccc1)C(=O)N[C@@H](CCC(=O)O)C(=O)N1CCC[C@H]1C=O. The van der Waals surface area contributed by atoms with Gasteiger partial charge in [0.2, 0.25) is 17.7 Å². The number of carboxylic acid groups (broad SMARTS) is 2. The van der Waals surface area contributed by atoms with E-state index in [4.69, 9.17) is 15.9 Å². The zero-order valence-electron chi connectivity index (χ0n) is 19.1. The molecule has 0 aliphatic carbocycles. The topological polar surface area (TPSA) is 196 Å². The Balaban J connectivity index is 2.23. The molecule has 1 heterocycles. The Labute approximate surface area is 201 Å². The maximum atomic E-state index is 13.2. The normalized spacial score (nSPS) is 17.6. The predicted molar refractivity (Wildman–Crippen MR) is 122 cm³/mol. The fourth-order valence-electron chi connectivity index (χ4n) is 3.82. The van der Waals surface area contributed by atoms with Crippen LogP contribution < -0.4 is 16.4 Å². The third-order valence-corrected chi connectivity index (χ3v) is 5.65. The minimum absolute atomic E-state index is 0.0126. The van der Waals surface area contributed by atoms with E-state index in [0.29, 0.717) is 31.2 Å². The molecule has 4 atom stereocenters. The van der Waals surface area contributed by atoms with E-state index < -0.39 is 66.7 Å². The van der Waals surface area contributed by atoms with Crippen molar-refractivity contribution in [3.63, 3.8) is 0 Å². The van der Waals surface area contributed by atoms with E-state index in [1.807, 2.05) is 0 Å². The number of hydrogen-bond acceptors (Lipinski definition) is 7. The molecule has 6 N–H and O–H groups in total. The summed E-state index contributed by atoms with van der Waals surface area (Å²) in [5.41, 5.74) is 6.29. The molecule has 0 unspecified atom stereocenters. The number of nitrogens with zero attached hydrogens (tertiary/aromatic N) is 1. The predicted octanol–water partition coefficient (Wildman–Crippen LogP) is -0.945. The molecular formula is C23H30N4O8. The number of amides is 3. The highest BCUT2D eigenvalue weighted by molar-refractivity contribution is 5.94. The van der Waals surface area contributed by atoms with Crippen LogP contribution in [0.5, 0.6) is 0 Å². The highest BCUT2D eigenvalue weighted by atomic mass is 16.4. The lowest BCUT2D eigenvalue weighted by Gasteiger charge is -2.28. The second kappa shape index (κ2) is 13.2. The zero-order chi connectivity index (χ0) is 26.0. The molecule has 1 aromatic carbocycles. The average molecular weight is 491 g/mol. The van der Waals surface area contributed by atoms with E-state index in [0.717, 1.165) is 0 Å². The molecule has 0 bridgehead atoms. The van der Waals surface area contributed by atoms with Crippen LogP contribution in [0.3, 0.4) is 0 Å². The Bertz CT molecular complexity index is 939. The van der Waals surface area contributed by atoms with Gasteiger partial charge in [0.05, 0.1) is 18.5 Å². The van der Waals surface area contributed by atoms with E-state index in [1.165, 1.54) is 4.90 Å². The van der Waals surface area contributed by atoms with Gasteiger partial charge in [0, 0.05) is 19.4 Å². The highest BCUT2D eigenvalue weighted by Crippen LogP contribution is 2.18. The molecule has 3 amide bonds. The van der Waals surface area contributed by atoms with Gasteiger partial charge >= 0.3 is 11.9 Å². The molecule has 35 heavy (non-hydrogen) atoms. The fourth-order valence-corrected chi connectivity index (χ4v) is 3.82. The van der Waals surface area contributed by atoms with Crippen molar-refractivity contribution in [3.05, 3.63) is 35.9 Å². The van der Waals surface area contributed by atoms with Crippen molar-refractivity contribution in [2.24, 2.45) is 5.73 Å². The van der Waals surface area contributed by atoms with Crippen LogP contribution in [0.15, 0.2) is 30.3 Å². The number of carbonyl (C=O) groups is 6. The number of hydrogen-bond donors (Lipinski definition) is 5. The smallest absolute Gasteiger partial charge is 0.305 e. The van der Waals surface area contributed by atoms with Gasteiger partial charge in [-0.3, -0.25) is 24.0 Å². The Morgan fingerprint density at radius 1 is 1.03 bits per heavy atom. The van der Waals surface area contributed by atoms with Crippen molar-refractivity contribution in [2.45, 2.75) is 62.7 Å². The second-order valence-electron chi connectivity index (χ2n) is 8.33. The van der Waals surface area contributed by atoms with Crippen LogP contribution >= 0.6 is 0 Å². The Morgan fingerprint density at radius 3 is 2.29 bits per heavy atom. The molecule has 2 rings (SSSR count). The monoisotopic (exact) mass is 490 g/mol. The standard InChI is InChI=1S/C23H30N4O8/c24-16(12-20(31)32)21(33)26-18(11-14-5-2-1-3-6-14)22(34)25-17(8-9-19(29)30)23(35)27-10-4-7-15(27)13-28/h1-3,5-6,13,15-18H,4,7-12,24H2,(H,25,34)(H,26,33)(H,29,30)(H,31,32)/t15-,16-,17-,18-/m0/s1. The first-order chi connectivity index (χ1) is 16.6. The van der Waals surface area contributed by atoms with Gasteiger partial charge in [-0.15, -0.1) is 0 Å². The molecule has 12 nitrogen and oxygen atoms in total. The highest BCUT2D eigenvalue weighted by Gasteiger charge is 2.35. The van der Waals surface area contributed by atoms with Gasteiger partial charge in [0.1, 0.15) is 18.4 Å². The average Bonchev–Trinajstić information content (AvgIpc) is 3.29. The molecule has 0 aromatic heterocycles. The van der Waals surface area contributed by atoms with Crippen molar-refractivity contribution in [2.75, 3.05) is 6.54 Å². The number of benzene rings is 1. The van der Waals surface area contributed by atoms with Crippen LogP contribution in [0.4, 0.5) is 0 Å². The van der Waals surface area contributed by atoms with Crippen LogP contribution in [-0.4, -0.2) is 81.8 Å². The lowest BCUT2D eigenvalue weighted by molar-refractivity contribution is -0.142.